The normalized spacial score (nSPS) is 34.8. The minimum atomic E-state index is -0.260. The van der Waals surface area contributed by atoms with Crippen molar-refractivity contribution < 1.29 is 9.52 Å². The SMILES string of the molecule is CC1=C[C@@H]2Cc3occc3C(C)(C)[C@@H]2CC1O. The van der Waals surface area contributed by atoms with Crippen LogP contribution in [0.3, 0.4) is 0 Å². The molecule has 1 aromatic rings. The highest BCUT2D eigenvalue weighted by Crippen LogP contribution is 2.49. The van der Waals surface area contributed by atoms with Crippen LogP contribution in [0, 0.1) is 11.8 Å². The van der Waals surface area contributed by atoms with E-state index in [2.05, 4.69) is 26.0 Å². The molecule has 1 N–H and O–H groups in total. The smallest absolute Gasteiger partial charge is 0.108 e. The molecular weight excluding hydrogens is 212 g/mol. The molecule has 2 nitrogen and oxygen atoms in total. The summed E-state index contributed by atoms with van der Waals surface area (Å²) in [6.45, 7) is 6.59. The van der Waals surface area contributed by atoms with E-state index in [1.807, 2.05) is 6.92 Å². The fraction of sp³-hybridized carbons (Fsp3) is 0.600. The van der Waals surface area contributed by atoms with Gasteiger partial charge in [-0.3, -0.25) is 0 Å². The first-order valence-corrected chi connectivity index (χ1v) is 6.43. The van der Waals surface area contributed by atoms with Crippen molar-refractivity contribution in [1.82, 2.24) is 0 Å². The fourth-order valence-electron chi connectivity index (χ4n) is 3.68. The van der Waals surface area contributed by atoms with E-state index >= 15 is 0 Å². The lowest BCUT2D eigenvalue weighted by atomic mass is 9.59. The number of aliphatic hydroxyl groups excluding tert-OH is 1. The van der Waals surface area contributed by atoms with Gasteiger partial charge in [0.15, 0.2) is 0 Å². The minimum absolute atomic E-state index is 0.101. The summed E-state index contributed by atoms with van der Waals surface area (Å²) in [6, 6.07) is 2.10. The van der Waals surface area contributed by atoms with Crippen LogP contribution in [0.25, 0.3) is 0 Å². The predicted octanol–water partition coefficient (Wildman–Crippen LogP) is 3.06. The van der Waals surface area contributed by atoms with Gasteiger partial charge in [0, 0.05) is 6.42 Å². The molecule has 0 radical (unpaired) electrons. The summed E-state index contributed by atoms with van der Waals surface area (Å²) in [4.78, 5) is 0. The van der Waals surface area contributed by atoms with E-state index in [-0.39, 0.29) is 11.5 Å². The van der Waals surface area contributed by atoms with Crippen LogP contribution in [0.5, 0.6) is 0 Å². The molecule has 0 bridgehead atoms. The lowest BCUT2D eigenvalue weighted by Gasteiger charge is -2.46. The topological polar surface area (TPSA) is 33.4 Å². The van der Waals surface area contributed by atoms with Crippen LogP contribution in [0.2, 0.25) is 0 Å². The predicted molar refractivity (Wildman–Crippen MR) is 66.8 cm³/mol. The van der Waals surface area contributed by atoms with Crippen LogP contribution in [-0.4, -0.2) is 11.2 Å². The highest BCUT2D eigenvalue weighted by atomic mass is 16.3. The summed E-state index contributed by atoms with van der Waals surface area (Å²) < 4.78 is 5.61. The van der Waals surface area contributed by atoms with Gasteiger partial charge in [-0.2, -0.15) is 0 Å². The first-order chi connectivity index (χ1) is 8.00. The van der Waals surface area contributed by atoms with Gasteiger partial charge in [0.1, 0.15) is 5.76 Å². The standard InChI is InChI=1S/C15H20O2/c1-9-6-10-7-14-11(4-5-17-14)15(2,3)12(10)8-13(9)16/h4-6,10,12-13,16H,7-8H2,1-3H3/t10-,12-,13?/m1/s1. The lowest BCUT2D eigenvalue weighted by molar-refractivity contribution is 0.0980. The van der Waals surface area contributed by atoms with E-state index in [1.165, 1.54) is 5.56 Å². The number of fused-ring (bicyclic) bond motifs is 2. The van der Waals surface area contributed by atoms with Crippen molar-refractivity contribution in [2.45, 2.75) is 45.1 Å². The summed E-state index contributed by atoms with van der Waals surface area (Å²) in [5.41, 5.74) is 2.56. The van der Waals surface area contributed by atoms with Crippen molar-refractivity contribution in [2.75, 3.05) is 0 Å². The van der Waals surface area contributed by atoms with Gasteiger partial charge in [-0.15, -0.1) is 0 Å². The minimum Gasteiger partial charge on any atom is -0.469 e. The Bertz CT molecular complexity index is 467. The molecule has 1 heterocycles. The maximum atomic E-state index is 10.1. The van der Waals surface area contributed by atoms with Gasteiger partial charge in [-0.25, -0.2) is 0 Å². The van der Waals surface area contributed by atoms with E-state index in [0.717, 1.165) is 24.2 Å². The van der Waals surface area contributed by atoms with E-state index in [0.29, 0.717) is 11.8 Å². The second-order valence-electron chi connectivity index (χ2n) is 6.12. The molecule has 0 saturated carbocycles. The monoisotopic (exact) mass is 232 g/mol. The van der Waals surface area contributed by atoms with Gasteiger partial charge in [0.05, 0.1) is 12.4 Å². The summed E-state index contributed by atoms with van der Waals surface area (Å²) in [5, 5.41) is 10.1. The molecule has 0 aromatic carbocycles. The van der Waals surface area contributed by atoms with Crippen LogP contribution >= 0.6 is 0 Å². The molecule has 0 aliphatic heterocycles. The van der Waals surface area contributed by atoms with E-state index in [1.54, 1.807) is 6.26 Å². The summed E-state index contributed by atoms with van der Waals surface area (Å²) in [5.74, 6) is 2.18. The Morgan fingerprint density at radius 2 is 2.18 bits per heavy atom. The van der Waals surface area contributed by atoms with Crippen molar-refractivity contribution in [3.8, 4) is 0 Å². The number of aliphatic hydroxyl groups is 1. The van der Waals surface area contributed by atoms with Crippen LogP contribution in [0.15, 0.2) is 28.4 Å². The molecule has 2 aliphatic carbocycles. The number of furan rings is 1. The average molecular weight is 232 g/mol. The molecule has 3 atom stereocenters. The third-order valence-electron chi connectivity index (χ3n) is 4.78. The quantitative estimate of drug-likeness (QED) is 0.697. The van der Waals surface area contributed by atoms with Crippen molar-refractivity contribution in [2.24, 2.45) is 11.8 Å². The van der Waals surface area contributed by atoms with Crippen molar-refractivity contribution in [3.63, 3.8) is 0 Å². The molecule has 2 heteroatoms. The average Bonchev–Trinajstić information content (AvgIpc) is 2.71. The fourth-order valence-corrected chi connectivity index (χ4v) is 3.68. The summed E-state index contributed by atoms with van der Waals surface area (Å²) in [6.07, 6.45) is 5.66. The Labute approximate surface area is 102 Å². The second kappa shape index (κ2) is 3.49. The van der Waals surface area contributed by atoms with Crippen molar-refractivity contribution >= 4 is 0 Å². The third-order valence-corrected chi connectivity index (χ3v) is 4.78. The highest BCUT2D eigenvalue weighted by molar-refractivity contribution is 5.34. The maximum Gasteiger partial charge on any atom is 0.108 e. The van der Waals surface area contributed by atoms with Gasteiger partial charge in [0.25, 0.3) is 0 Å². The van der Waals surface area contributed by atoms with Crippen LogP contribution in [0.4, 0.5) is 0 Å². The van der Waals surface area contributed by atoms with Crippen molar-refractivity contribution in [1.29, 1.82) is 0 Å². The van der Waals surface area contributed by atoms with Gasteiger partial charge in [-0.1, -0.05) is 19.9 Å². The Balaban J connectivity index is 2.07. The number of allylic oxidation sites excluding steroid dienone is 1. The molecule has 17 heavy (non-hydrogen) atoms. The highest BCUT2D eigenvalue weighted by Gasteiger charge is 2.45. The number of hydrogen-bond acceptors (Lipinski definition) is 2. The molecule has 0 saturated heterocycles. The molecule has 3 rings (SSSR count). The first-order valence-electron chi connectivity index (χ1n) is 6.43. The molecule has 92 valence electrons. The van der Waals surface area contributed by atoms with Crippen LogP contribution in [0.1, 0.15) is 38.5 Å². The zero-order chi connectivity index (χ0) is 12.2. The Morgan fingerprint density at radius 1 is 1.41 bits per heavy atom. The lowest BCUT2D eigenvalue weighted by Crippen LogP contribution is -2.43. The van der Waals surface area contributed by atoms with E-state index in [4.69, 9.17) is 4.42 Å². The van der Waals surface area contributed by atoms with Crippen molar-refractivity contribution in [3.05, 3.63) is 35.3 Å². The number of hydrogen-bond donors (Lipinski definition) is 1. The molecule has 2 aliphatic rings. The molecule has 1 unspecified atom stereocenters. The zero-order valence-corrected chi connectivity index (χ0v) is 10.7. The Morgan fingerprint density at radius 3 is 2.94 bits per heavy atom. The van der Waals surface area contributed by atoms with E-state index in [9.17, 15) is 5.11 Å². The zero-order valence-electron chi connectivity index (χ0n) is 10.7. The molecule has 0 amide bonds. The van der Waals surface area contributed by atoms with Gasteiger partial charge < -0.3 is 9.52 Å². The molecule has 0 spiro atoms. The summed E-state index contributed by atoms with van der Waals surface area (Å²) in [7, 11) is 0. The van der Waals surface area contributed by atoms with Crippen LogP contribution < -0.4 is 0 Å². The summed E-state index contributed by atoms with van der Waals surface area (Å²) >= 11 is 0. The van der Waals surface area contributed by atoms with Crippen LogP contribution in [-0.2, 0) is 11.8 Å². The van der Waals surface area contributed by atoms with Gasteiger partial charge in [-0.05, 0) is 47.8 Å². The molecular formula is C15H20O2. The number of rotatable bonds is 0. The molecule has 1 aromatic heterocycles. The Hall–Kier alpha value is -1.02. The van der Waals surface area contributed by atoms with Gasteiger partial charge in [0.2, 0.25) is 0 Å². The largest absolute Gasteiger partial charge is 0.469 e. The maximum absolute atomic E-state index is 10.1. The third kappa shape index (κ3) is 1.50. The first kappa shape index (κ1) is 11.1. The second-order valence-corrected chi connectivity index (χ2v) is 6.12. The molecule has 0 fully saturated rings. The van der Waals surface area contributed by atoms with Gasteiger partial charge >= 0.3 is 0 Å². The van der Waals surface area contributed by atoms with E-state index < -0.39 is 0 Å². The Kier molecular flexibility index (Phi) is 2.27.